The van der Waals surface area contributed by atoms with Crippen LogP contribution in [0.5, 0.6) is 0 Å². The molecule has 2 aromatic rings. The van der Waals surface area contributed by atoms with Crippen LogP contribution in [0.2, 0.25) is 0 Å². The molecule has 2 aromatic carbocycles. The van der Waals surface area contributed by atoms with Crippen LogP contribution in [0.4, 0.5) is 16.2 Å². The molecule has 2 aliphatic heterocycles. The first-order chi connectivity index (χ1) is 16.3. The summed E-state index contributed by atoms with van der Waals surface area (Å²) in [7, 11) is -3.39. The van der Waals surface area contributed by atoms with Crippen molar-refractivity contribution in [2.45, 2.75) is 31.9 Å². The summed E-state index contributed by atoms with van der Waals surface area (Å²) in [4.78, 5) is 16.3. The number of sulfonamides is 1. The van der Waals surface area contributed by atoms with Gasteiger partial charge in [0.15, 0.2) is 0 Å². The summed E-state index contributed by atoms with van der Waals surface area (Å²) < 4.78 is 32.9. The monoisotopic (exact) mass is 485 g/mol. The standard InChI is InChI=1S/C24H31N5O4S/c1-2-34(31,32)29(20-6-4-3-5-7-20)21-12-14-27(15-13-21)16-22-17-28(24(30)33-22)19-10-8-18(9-11-19)23(25)26/h3-11,21-22H,2,12-17H2,1H3,(H3,25,26). The minimum absolute atomic E-state index is 0.0191. The highest BCUT2D eigenvalue weighted by Gasteiger charge is 2.36. The summed E-state index contributed by atoms with van der Waals surface area (Å²) in [6.07, 6.45) is 0.775. The van der Waals surface area contributed by atoms with Crippen molar-refractivity contribution in [1.29, 1.82) is 5.41 Å². The average Bonchev–Trinajstić information content (AvgIpc) is 3.20. The van der Waals surface area contributed by atoms with Crippen LogP contribution in [0.1, 0.15) is 25.3 Å². The number of carbonyl (C=O) groups is 1. The van der Waals surface area contributed by atoms with Crippen molar-refractivity contribution in [2.24, 2.45) is 5.73 Å². The van der Waals surface area contributed by atoms with Gasteiger partial charge in [-0.05, 0) is 56.2 Å². The van der Waals surface area contributed by atoms with Gasteiger partial charge < -0.3 is 10.5 Å². The molecule has 2 aliphatic rings. The lowest BCUT2D eigenvalue weighted by Crippen LogP contribution is -2.49. The Morgan fingerprint density at radius 3 is 2.35 bits per heavy atom. The number of carbonyl (C=O) groups excluding carboxylic acids is 1. The predicted octanol–water partition coefficient (Wildman–Crippen LogP) is 2.62. The SMILES string of the molecule is CCS(=O)(=O)N(c1ccccc1)C1CCN(CC2CN(c3ccc(C(=N)N)cc3)C(=O)O2)CC1. The van der Waals surface area contributed by atoms with Crippen molar-refractivity contribution in [2.75, 3.05) is 41.1 Å². The number of likely N-dealkylation sites (tertiary alicyclic amines) is 1. The summed E-state index contributed by atoms with van der Waals surface area (Å²) in [5, 5.41) is 7.50. The van der Waals surface area contributed by atoms with E-state index in [0.29, 0.717) is 42.9 Å². The summed E-state index contributed by atoms with van der Waals surface area (Å²) >= 11 is 0. The van der Waals surface area contributed by atoms with E-state index in [-0.39, 0.29) is 29.8 Å². The van der Waals surface area contributed by atoms with Crippen molar-refractivity contribution in [3.05, 3.63) is 60.2 Å². The summed E-state index contributed by atoms with van der Waals surface area (Å²) in [6.45, 7) is 4.18. The van der Waals surface area contributed by atoms with Gasteiger partial charge >= 0.3 is 6.09 Å². The van der Waals surface area contributed by atoms with Crippen LogP contribution in [0, 0.1) is 5.41 Å². The van der Waals surface area contributed by atoms with Gasteiger partial charge in [-0.1, -0.05) is 18.2 Å². The maximum absolute atomic E-state index is 12.9. The Labute approximate surface area is 200 Å². The fourth-order valence-corrected chi connectivity index (χ4v) is 5.97. The molecule has 3 N–H and O–H groups in total. The van der Waals surface area contributed by atoms with Gasteiger partial charge in [0.25, 0.3) is 0 Å². The largest absolute Gasteiger partial charge is 0.443 e. The number of piperidine rings is 1. The number of amidine groups is 1. The first-order valence-corrected chi connectivity index (χ1v) is 13.1. The number of cyclic esters (lactones) is 1. The van der Waals surface area contributed by atoms with E-state index in [4.69, 9.17) is 15.9 Å². The fourth-order valence-electron chi connectivity index (χ4n) is 4.59. The van der Waals surface area contributed by atoms with E-state index in [1.165, 1.54) is 0 Å². The van der Waals surface area contributed by atoms with E-state index in [1.54, 1.807) is 40.4 Å². The van der Waals surface area contributed by atoms with E-state index < -0.39 is 10.0 Å². The van der Waals surface area contributed by atoms with Crippen LogP contribution in [-0.4, -0.2) is 69.3 Å². The van der Waals surface area contributed by atoms with Gasteiger partial charge in [0.1, 0.15) is 11.9 Å². The quantitative estimate of drug-likeness (QED) is 0.438. The van der Waals surface area contributed by atoms with Gasteiger partial charge in [0.05, 0.1) is 18.0 Å². The Hall–Kier alpha value is -3.11. The lowest BCUT2D eigenvalue weighted by atomic mass is 10.0. The number of para-hydroxylation sites is 1. The van der Waals surface area contributed by atoms with Gasteiger partial charge in [0, 0.05) is 36.9 Å². The second-order valence-corrected chi connectivity index (χ2v) is 10.8. The molecule has 0 bridgehead atoms. The second-order valence-electron chi connectivity index (χ2n) is 8.64. The minimum Gasteiger partial charge on any atom is -0.443 e. The number of benzene rings is 2. The number of nitrogens with one attached hydrogen (secondary N) is 1. The number of nitrogen functional groups attached to an aromatic ring is 1. The van der Waals surface area contributed by atoms with Gasteiger partial charge in [-0.3, -0.25) is 19.5 Å². The maximum atomic E-state index is 12.9. The summed E-state index contributed by atoms with van der Waals surface area (Å²) in [5.74, 6) is 0.0398. The molecule has 34 heavy (non-hydrogen) atoms. The molecule has 2 heterocycles. The molecule has 0 radical (unpaired) electrons. The highest BCUT2D eigenvalue weighted by Crippen LogP contribution is 2.28. The number of nitrogens with two attached hydrogens (primary N) is 1. The van der Waals surface area contributed by atoms with Crippen LogP contribution in [0.25, 0.3) is 0 Å². The Morgan fingerprint density at radius 2 is 1.76 bits per heavy atom. The smallest absolute Gasteiger partial charge is 0.414 e. The van der Waals surface area contributed by atoms with Crippen molar-refractivity contribution in [1.82, 2.24) is 4.90 Å². The molecule has 2 saturated heterocycles. The fraction of sp³-hybridized carbons (Fsp3) is 0.417. The predicted molar refractivity (Wildman–Crippen MR) is 133 cm³/mol. The molecular weight excluding hydrogens is 454 g/mol. The Kier molecular flexibility index (Phi) is 7.08. The molecule has 0 aliphatic carbocycles. The lowest BCUT2D eigenvalue weighted by Gasteiger charge is -2.39. The van der Waals surface area contributed by atoms with Gasteiger partial charge in [0.2, 0.25) is 10.0 Å². The highest BCUT2D eigenvalue weighted by atomic mass is 32.2. The molecule has 9 nitrogen and oxygen atoms in total. The molecular formula is C24H31N5O4S. The number of ether oxygens (including phenoxy) is 1. The number of nitrogens with zero attached hydrogens (tertiary/aromatic N) is 3. The van der Waals surface area contributed by atoms with Gasteiger partial charge in [-0.2, -0.15) is 0 Å². The zero-order valence-electron chi connectivity index (χ0n) is 19.3. The number of anilines is 2. The minimum atomic E-state index is -3.39. The van der Waals surface area contributed by atoms with Crippen LogP contribution in [0.15, 0.2) is 54.6 Å². The molecule has 1 atom stereocenters. The summed E-state index contributed by atoms with van der Waals surface area (Å²) in [6, 6.07) is 16.1. The Balaban J connectivity index is 1.36. The van der Waals surface area contributed by atoms with E-state index in [9.17, 15) is 13.2 Å². The zero-order valence-corrected chi connectivity index (χ0v) is 20.1. The average molecular weight is 486 g/mol. The van der Waals surface area contributed by atoms with Gasteiger partial charge in [-0.25, -0.2) is 13.2 Å². The summed E-state index contributed by atoms with van der Waals surface area (Å²) in [5.41, 5.74) is 7.52. The first kappa shape index (κ1) is 24.0. The molecule has 1 unspecified atom stereocenters. The van der Waals surface area contributed by atoms with Crippen molar-refractivity contribution in [3.63, 3.8) is 0 Å². The Bertz CT molecular complexity index is 1120. The number of hydrogen-bond acceptors (Lipinski definition) is 6. The lowest BCUT2D eigenvalue weighted by molar-refractivity contribution is 0.0981. The van der Waals surface area contributed by atoms with E-state index >= 15 is 0 Å². The third-order valence-corrected chi connectivity index (χ3v) is 8.23. The van der Waals surface area contributed by atoms with Crippen molar-refractivity contribution < 1.29 is 17.9 Å². The van der Waals surface area contributed by atoms with Crippen molar-refractivity contribution >= 4 is 33.3 Å². The maximum Gasteiger partial charge on any atom is 0.414 e. The van der Waals surface area contributed by atoms with E-state index in [1.807, 2.05) is 30.3 Å². The molecule has 10 heteroatoms. The topological polar surface area (TPSA) is 120 Å². The number of rotatable bonds is 8. The van der Waals surface area contributed by atoms with Crippen LogP contribution in [0.3, 0.4) is 0 Å². The van der Waals surface area contributed by atoms with Crippen LogP contribution < -0.4 is 14.9 Å². The van der Waals surface area contributed by atoms with Crippen LogP contribution in [-0.2, 0) is 14.8 Å². The van der Waals surface area contributed by atoms with Crippen molar-refractivity contribution in [3.8, 4) is 0 Å². The zero-order chi connectivity index (χ0) is 24.3. The molecule has 4 rings (SSSR count). The first-order valence-electron chi connectivity index (χ1n) is 11.5. The molecule has 1 amide bonds. The van der Waals surface area contributed by atoms with E-state index in [0.717, 1.165) is 13.1 Å². The van der Waals surface area contributed by atoms with Gasteiger partial charge in [-0.15, -0.1) is 0 Å². The molecule has 182 valence electrons. The molecule has 0 saturated carbocycles. The molecule has 0 spiro atoms. The molecule has 2 fully saturated rings. The molecule has 0 aromatic heterocycles. The normalized spacial score (nSPS) is 19.7. The highest BCUT2D eigenvalue weighted by molar-refractivity contribution is 7.92. The third-order valence-electron chi connectivity index (χ3n) is 6.39. The van der Waals surface area contributed by atoms with E-state index in [2.05, 4.69) is 4.90 Å². The Morgan fingerprint density at radius 1 is 1.12 bits per heavy atom. The number of amides is 1. The van der Waals surface area contributed by atoms with Crippen LogP contribution >= 0.6 is 0 Å². The second kappa shape index (κ2) is 10.0. The number of hydrogen-bond donors (Lipinski definition) is 2. The third kappa shape index (κ3) is 5.18.